The van der Waals surface area contributed by atoms with E-state index in [-0.39, 0.29) is 24.2 Å². The summed E-state index contributed by atoms with van der Waals surface area (Å²) in [4.78, 5) is 20.1. The minimum Gasteiger partial charge on any atom is -0.388 e. The molecule has 0 saturated heterocycles. The fourth-order valence-electron chi connectivity index (χ4n) is 2.29. The number of aliphatic hydroxyl groups excluding tert-OH is 2. The Hall–Kier alpha value is -2.84. The molecule has 0 aliphatic rings. The monoisotopic (exact) mass is 332 g/mol. The van der Waals surface area contributed by atoms with Gasteiger partial charge in [-0.25, -0.2) is 0 Å². The molecular weight excluding hydrogens is 316 g/mol. The molecular formula is C16H16N2O6. The van der Waals surface area contributed by atoms with Gasteiger partial charge in [0.25, 0.3) is 11.4 Å². The fourth-order valence-corrected chi connectivity index (χ4v) is 2.29. The van der Waals surface area contributed by atoms with Crippen molar-refractivity contribution >= 4 is 11.4 Å². The molecule has 2 rings (SSSR count). The first-order valence-electron chi connectivity index (χ1n) is 7.23. The van der Waals surface area contributed by atoms with Crippen molar-refractivity contribution in [2.75, 3.05) is 0 Å². The van der Waals surface area contributed by atoms with Crippen LogP contribution in [-0.2, 0) is 0 Å². The van der Waals surface area contributed by atoms with E-state index in [0.29, 0.717) is 11.1 Å². The molecule has 0 aliphatic carbocycles. The van der Waals surface area contributed by atoms with Gasteiger partial charge < -0.3 is 10.2 Å². The van der Waals surface area contributed by atoms with Gasteiger partial charge in [-0.1, -0.05) is 0 Å². The number of nitro groups is 2. The van der Waals surface area contributed by atoms with Crippen LogP contribution in [0.3, 0.4) is 0 Å². The summed E-state index contributed by atoms with van der Waals surface area (Å²) in [6.45, 7) is 0. The van der Waals surface area contributed by atoms with Gasteiger partial charge in [-0.2, -0.15) is 0 Å². The number of nitrogens with zero attached hydrogens (tertiary/aromatic N) is 2. The smallest absolute Gasteiger partial charge is 0.269 e. The predicted molar refractivity (Wildman–Crippen MR) is 85.3 cm³/mol. The Kier molecular flexibility index (Phi) is 5.56. The van der Waals surface area contributed by atoms with Gasteiger partial charge in [0.2, 0.25) is 0 Å². The second-order valence-corrected chi connectivity index (χ2v) is 5.31. The molecule has 8 heteroatoms. The van der Waals surface area contributed by atoms with Crippen molar-refractivity contribution in [2.45, 2.75) is 25.0 Å². The Morgan fingerprint density at radius 1 is 0.708 bits per heavy atom. The largest absolute Gasteiger partial charge is 0.388 e. The molecule has 0 aromatic heterocycles. The summed E-state index contributed by atoms with van der Waals surface area (Å²) in [7, 11) is 0. The lowest BCUT2D eigenvalue weighted by atomic mass is 9.99. The van der Waals surface area contributed by atoms with Crippen LogP contribution in [0.15, 0.2) is 48.5 Å². The Morgan fingerprint density at radius 2 is 1.00 bits per heavy atom. The SMILES string of the molecule is O=[N+]([O-])c1ccc([C@H](O)CC[C@H](O)c2ccc([N+](=O)[O-])cc2)cc1. The highest BCUT2D eigenvalue weighted by atomic mass is 16.6. The van der Waals surface area contributed by atoms with Gasteiger partial charge in [0, 0.05) is 24.3 Å². The number of rotatable bonds is 7. The second kappa shape index (κ2) is 7.62. The molecule has 0 heterocycles. The molecule has 0 amide bonds. The fraction of sp³-hybridized carbons (Fsp3) is 0.250. The highest BCUT2D eigenvalue weighted by molar-refractivity contribution is 5.34. The van der Waals surface area contributed by atoms with Gasteiger partial charge in [0.15, 0.2) is 0 Å². The first-order chi connectivity index (χ1) is 11.4. The van der Waals surface area contributed by atoms with Crippen molar-refractivity contribution in [3.63, 3.8) is 0 Å². The Morgan fingerprint density at radius 3 is 1.25 bits per heavy atom. The molecule has 2 N–H and O–H groups in total. The minimum atomic E-state index is -0.862. The van der Waals surface area contributed by atoms with Gasteiger partial charge in [-0.15, -0.1) is 0 Å². The van der Waals surface area contributed by atoms with Crippen LogP contribution in [0, 0.1) is 20.2 Å². The Bertz CT molecular complexity index is 651. The lowest BCUT2D eigenvalue weighted by Gasteiger charge is -2.15. The standard InChI is InChI=1S/C16H16N2O6/c19-15(11-1-5-13(6-2-11)17(21)22)9-10-16(20)12-3-7-14(8-4-12)18(23)24/h1-8,15-16,19-20H,9-10H2/t15-,16+. The highest BCUT2D eigenvalue weighted by Crippen LogP contribution is 2.27. The van der Waals surface area contributed by atoms with E-state index in [1.165, 1.54) is 48.5 Å². The summed E-state index contributed by atoms with van der Waals surface area (Å²) in [5, 5.41) is 41.4. The maximum atomic E-state index is 10.6. The van der Waals surface area contributed by atoms with Crippen LogP contribution in [0.5, 0.6) is 0 Å². The molecule has 0 spiro atoms. The van der Waals surface area contributed by atoms with E-state index in [1.807, 2.05) is 0 Å². The molecule has 0 fully saturated rings. The molecule has 0 radical (unpaired) electrons. The van der Waals surface area contributed by atoms with Gasteiger partial charge in [-0.3, -0.25) is 20.2 Å². The molecule has 24 heavy (non-hydrogen) atoms. The van der Waals surface area contributed by atoms with Gasteiger partial charge in [0.05, 0.1) is 22.1 Å². The van der Waals surface area contributed by atoms with Crippen LogP contribution < -0.4 is 0 Å². The summed E-state index contributed by atoms with van der Waals surface area (Å²) >= 11 is 0. The van der Waals surface area contributed by atoms with Crippen molar-refractivity contribution < 1.29 is 20.1 Å². The Balaban J connectivity index is 1.93. The van der Waals surface area contributed by atoms with Crippen LogP contribution in [0.1, 0.15) is 36.2 Å². The molecule has 0 unspecified atom stereocenters. The van der Waals surface area contributed by atoms with Crippen LogP contribution in [0.2, 0.25) is 0 Å². The van der Waals surface area contributed by atoms with Crippen molar-refractivity contribution in [1.29, 1.82) is 0 Å². The zero-order chi connectivity index (χ0) is 17.7. The van der Waals surface area contributed by atoms with Crippen molar-refractivity contribution in [2.24, 2.45) is 0 Å². The number of benzene rings is 2. The van der Waals surface area contributed by atoms with Crippen LogP contribution >= 0.6 is 0 Å². The van der Waals surface area contributed by atoms with E-state index >= 15 is 0 Å². The number of non-ortho nitro benzene ring substituents is 2. The third-order valence-electron chi connectivity index (χ3n) is 3.69. The van der Waals surface area contributed by atoms with E-state index in [9.17, 15) is 30.4 Å². The number of hydrogen-bond donors (Lipinski definition) is 2. The molecule has 2 aromatic rings. The maximum Gasteiger partial charge on any atom is 0.269 e. The summed E-state index contributed by atoms with van der Waals surface area (Å²) in [6, 6.07) is 11.1. The number of aliphatic hydroxyl groups is 2. The lowest BCUT2D eigenvalue weighted by Crippen LogP contribution is -2.03. The van der Waals surface area contributed by atoms with Gasteiger partial charge >= 0.3 is 0 Å². The van der Waals surface area contributed by atoms with Crippen molar-refractivity contribution in [3.8, 4) is 0 Å². The van der Waals surface area contributed by atoms with Gasteiger partial charge in [-0.05, 0) is 48.2 Å². The van der Waals surface area contributed by atoms with Crippen molar-refractivity contribution in [3.05, 3.63) is 79.9 Å². The van der Waals surface area contributed by atoms with E-state index in [0.717, 1.165) is 0 Å². The molecule has 2 atom stereocenters. The molecule has 8 nitrogen and oxygen atoms in total. The summed E-state index contributed by atoms with van der Waals surface area (Å²) in [5.74, 6) is 0. The predicted octanol–water partition coefficient (Wildman–Crippen LogP) is 3.05. The number of hydrogen-bond acceptors (Lipinski definition) is 6. The van der Waals surface area contributed by atoms with E-state index in [1.54, 1.807) is 0 Å². The number of nitro benzene ring substituents is 2. The first kappa shape index (κ1) is 17.5. The first-order valence-corrected chi connectivity index (χ1v) is 7.23. The Labute approximate surface area is 137 Å². The molecule has 126 valence electrons. The van der Waals surface area contributed by atoms with E-state index in [4.69, 9.17) is 0 Å². The van der Waals surface area contributed by atoms with Crippen LogP contribution in [0.25, 0.3) is 0 Å². The summed E-state index contributed by atoms with van der Waals surface area (Å²) < 4.78 is 0. The lowest BCUT2D eigenvalue weighted by molar-refractivity contribution is -0.385. The molecule has 0 aliphatic heterocycles. The van der Waals surface area contributed by atoms with E-state index in [2.05, 4.69) is 0 Å². The average Bonchev–Trinajstić information content (AvgIpc) is 2.59. The molecule has 0 saturated carbocycles. The van der Waals surface area contributed by atoms with Crippen molar-refractivity contribution in [1.82, 2.24) is 0 Å². The zero-order valence-electron chi connectivity index (χ0n) is 12.6. The zero-order valence-corrected chi connectivity index (χ0v) is 12.6. The highest BCUT2D eigenvalue weighted by Gasteiger charge is 2.15. The maximum absolute atomic E-state index is 10.6. The third kappa shape index (κ3) is 4.34. The topological polar surface area (TPSA) is 127 Å². The molecule has 2 aromatic carbocycles. The average molecular weight is 332 g/mol. The second-order valence-electron chi connectivity index (χ2n) is 5.31. The third-order valence-corrected chi connectivity index (χ3v) is 3.69. The van der Waals surface area contributed by atoms with Crippen LogP contribution in [0.4, 0.5) is 11.4 Å². The summed E-state index contributed by atoms with van der Waals surface area (Å²) in [5.41, 5.74) is 0.932. The quantitative estimate of drug-likeness (QED) is 0.592. The summed E-state index contributed by atoms with van der Waals surface area (Å²) in [6.07, 6.45) is -1.23. The van der Waals surface area contributed by atoms with E-state index < -0.39 is 22.1 Å². The minimum absolute atomic E-state index is 0.0585. The molecule has 0 bridgehead atoms. The van der Waals surface area contributed by atoms with Crippen LogP contribution in [-0.4, -0.2) is 20.1 Å². The normalized spacial score (nSPS) is 13.2. The van der Waals surface area contributed by atoms with Gasteiger partial charge in [0.1, 0.15) is 0 Å².